The van der Waals surface area contributed by atoms with Gasteiger partial charge in [0, 0.05) is 0 Å². The van der Waals surface area contributed by atoms with E-state index in [0.717, 1.165) is 12.8 Å². The second kappa shape index (κ2) is 25.6. The van der Waals surface area contributed by atoms with Crippen LogP contribution in [-0.4, -0.2) is 0 Å². The number of hydrogen-bond acceptors (Lipinski definition) is 0. The molecule has 38 heavy (non-hydrogen) atoms. The molecule has 0 aliphatic rings. The molecule has 0 aromatic heterocycles. The van der Waals surface area contributed by atoms with Gasteiger partial charge in [0.15, 0.2) is 0 Å². The van der Waals surface area contributed by atoms with Crippen molar-refractivity contribution in [3.8, 4) is 0 Å². The van der Waals surface area contributed by atoms with Crippen molar-refractivity contribution in [2.75, 3.05) is 0 Å². The molecule has 0 saturated heterocycles. The van der Waals surface area contributed by atoms with Crippen LogP contribution in [0, 0.1) is 12.8 Å². The van der Waals surface area contributed by atoms with Crippen molar-refractivity contribution >= 4 is 6.08 Å². The topological polar surface area (TPSA) is 0 Å². The molecule has 4 aromatic carbocycles. The van der Waals surface area contributed by atoms with Crippen LogP contribution < -0.4 is 0 Å². The molecule has 0 nitrogen and oxygen atoms in total. The molecule has 0 amide bonds. The van der Waals surface area contributed by atoms with E-state index in [9.17, 15) is 0 Å². The Balaban J connectivity index is 0. The van der Waals surface area contributed by atoms with Gasteiger partial charge in [-0.1, -0.05) is 133 Å². The Labute approximate surface area is 248 Å². The molecule has 1 atom stereocenters. The maximum Gasteiger partial charge on any atom is 2.00 e. The molecule has 0 saturated carbocycles. The average molecular weight is 558 g/mol. The Bertz CT molecular complexity index is 954. The Morgan fingerprint density at radius 2 is 0.947 bits per heavy atom. The predicted molar refractivity (Wildman–Crippen MR) is 169 cm³/mol. The minimum absolute atomic E-state index is 0. The molecule has 4 rings (SSSR count). The molecule has 0 radical (unpaired) electrons. The van der Waals surface area contributed by atoms with Gasteiger partial charge in [-0.3, -0.25) is 0 Å². The van der Waals surface area contributed by atoms with Crippen LogP contribution in [0.4, 0.5) is 0 Å². The van der Waals surface area contributed by atoms with Crippen LogP contribution in [0.5, 0.6) is 0 Å². The van der Waals surface area contributed by atoms with E-state index in [2.05, 4.69) is 126 Å². The van der Waals surface area contributed by atoms with Gasteiger partial charge >= 0.3 is 19.5 Å². The summed E-state index contributed by atoms with van der Waals surface area (Å²) in [7, 11) is 0. The van der Waals surface area contributed by atoms with E-state index in [0.29, 0.717) is 5.92 Å². The van der Waals surface area contributed by atoms with Gasteiger partial charge in [-0.05, 0) is 23.5 Å². The van der Waals surface area contributed by atoms with E-state index in [1.54, 1.807) is 0 Å². The van der Waals surface area contributed by atoms with Gasteiger partial charge in [-0.25, -0.2) is 0 Å². The molecule has 0 N–H and O–H groups in total. The molecule has 0 aliphatic heterocycles. The molecular weight excluding hydrogens is 510 g/mol. The smallest absolute Gasteiger partial charge is 0.192 e. The summed E-state index contributed by atoms with van der Waals surface area (Å²) >= 11 is 0. The zero-order chi connectivity index (χ0) is 26.3. The van der Waals surface area contributed by atoms with Gasteiger partial charge < -0.3 is 0 Å². The van der Waals surface area contributed by atoms with Crippen LogP contribution in [-0.2, 0) is 19.5 Å². The molecule has 0 fully saturated rings. The molecule has 0 bridgehead atoms. The Hall–Kier alpha value is -3.02. The third-order valence-corrected chi connectivity index (χ3v) is 5.50. The first-order valence-electron chi connectivity index (χ1n) is 13.1. The van der Waals surface area contributed by atoms with Gasteiger partial charge in [0.05, 0.1) is 0 Å². The van der Waals surface area contributed by atoms with Crippen molar-refractivity contribution in [3.63, 3.8) is 0 Å². The Morgan fingerprint density at radius 3 is 1.24 bits per heavy atom. The van der Waals surface area contributed by atoms with Crippen LogP contribution in [0.25, 0.3) is 6.08 Å². The second-order valence-electron chi connectivity index (χ2n) is 8.38. The number of rotatable bonds is 7. The molecule has 0 heterocycles. The maximum atomic E-state index is 3.63. The standard InChI is InChI=1S/C10H14.2C9H11.C8H8.CH4.Zn/c1-3-9(2)10-7-5-4-6-8-10;2*1-2-6-9-7-4-3-5-8-9;1-2-8-6-4-3-5-7-8;;/h4-9H,3H2,1-2H3;2*3-8H,2H2,1H3;2-7H,1H2;1H4;/q;2*-1;;;+2. The minimum Gasteiger partial charge on any atom is -0.192 e. The quantitative estimate of drug-likeness (QED) is 0.156. The summed E-state index contributed by atoms with van der Waals surface area (Å²) in [6.45, 7) is 12.4. The predicted octanol–water partition coefficient (Wildman–Crippen LogP) is 11.5. The Kier molecular flexibility index (Phi) is 25.0. The van der Waals surface area contributed by atoms with Crippen molar-refractivity contribution in [2.45, 2.75) is 60.3 Å². The van der Waals surface area contributed by atoms with E-state index in [1.165, 1.54) is 28.7 Å². The summed E-state index contributed by atoms with van der Waals surface area (Å²) in [6.07, 6.45) is 9.71. The SMILES string of the molecule is C.C=Cc1ccccc1.CCC(C)c1ccccc1.CC[CH-]c1ccccc1.CC[CH-]c1ccccc1.[Zn+2]. The first-order chi connectivity index (χ1) is 17.6. The minimum atomic E-state index is 0. The summed E-state index contributed by atoms with van der Waals surface area (Å²) in [5, 5.41) is 0. The maximum absolute atomic E-state index is 3.63. The van der Waals surface area contributed by atoms with Gasteiger partial charge in [-0.15, -0.1) is 24.3 Å². The van der Waals surface area contributed by atoms with E-state index in [4.69, 9.17) is 0 Å². The summed E-state index contributed by atoms with van der Waals surface area (Å²) < 4.78 is 0. The molecule has 1 heteroatoms. The summed E-state index contributed by atoms with van der Waals surface area (Å²) in [5.41, 5.74) is 5.26. The van der Waals surface area contributed by atoms with Crippen molar-refractivity contribution in [3.05, 3.63) is 163 Å². The van der Waals surface area contributed by atoms with Crippen molar-refractivity contribution in [1.29, 1.82) is 0 Å². The molecule has 1 unspecified atom stereocenters. The van der Waals surface area contributed by atoms with Gasteiger partial charge in [0.25, 0.3) is 0 Å². The van der Waals surface area contributed by atoms with E-state index in [-0.39, 0.29) is 26.9 Å². The van der Waals surface area contributed by atoms with Gasteiger partial charge in [0.1, 0.15) is 0 Å². The first kappa shape index (κ1) is 37.1. The summed E-state index contributed by atoms with van der Waals surface area (Å²) in [6, 6.07) is 41.4. The first-order valence-corrected chi connectivity index (χ1v) is 13.1. The van der Waals surface area contributed by atoms with E-state index in [1.807, 2.05) is 48.5 Å². The molecule has 4 aromatic rings. The fourth-order valence-electron chi connectivity index (χ4n) is 3.26. The summed E-state index contributed by atoms with van der Waals surface area (Å²) in [5.74, 6) is 0.709. The second-order valence-corrected chi connectivity index (χ2v) is 8.38. The monoisotopic (exact) mass is 556 g/mol. The molecular formula is C37H48Zn. The molecule has 198 valence electrons. The Morgan fingerprint density at radius 1 is 0.605 bits per heavy atom. The van der Waals surface area contributed by atoms with Crippen LogP contribution in [0.2, 0.25) is 0 Å². The average Bonchev–Trinajstić information content (AvgIpc) is 2.96. The van der Waals surface area contributed by atoms with Crippen LogP contribution >= 0.6 is 0 Å². The number of benzene rings is 4. The van der Waals surface area contributed by atoms with Crippen molar-refractivity contribution in [2.24, 2.45) is 0 Å². The van der Waals surface area contributed by atoms with Gasteiger partial charge in [-0.2, -0.15) is 48.2 Å². The van der Waals surface area contributed by atoms with Crippen LogP contribution in [0.15, 0.2) is 128 Å². The molecule has 0 aliphatic carbocycles. The van der Waals surface area contributed by atoms with Crippen LogP contribution in [0.1, 0.15) is 82.6 Å². The third kappa shape index (κ3) is 18.3. The largest absolute Gasteiger partial charge is 2.00 e. The van der Waals surface area contributed by atoms with Crippen molar-refractivity contribution < 1.29 is 19.5 Å². The van der Waals surface area contributed by atoms with Gasteiger partial charge in [0.2, 0.25) is 0 Å². The van der Waals surface area contributed by atoms with E-state index < -0.39 is 0 Å². The van der Waals surface area contributed by atoms with Crippen molar-refractivity contribution in [1.82, 2.24) is 0 Å². The molecule has 0 spiro atoms. The zero-order valence-electron chi connectivity index (χ0n) is 23.4. The normalized spacial score (nSPS) is 9.47. The van der Waals surface area contributed by atoms with E-state index >= 15 is 0 Å². The fraction of sp³-hybridized carbons (Fsp3) is 0.243. The fourth-order valence-corrected chi connectivity index (χ4v) is 3.26. The zero-order valence-corrected chi connectivity index (χ0v) is 26.4. The van der Waals surface area contributed by atoms with Crippen LogP contribution in [0.3, 0.4) is 0 Å². The third-order valence-electron chi connectivity index (χ3n) is 5.50. The summed E-state index contributed by atoms with van der Waals surface area (Å²) in [4.78, 5) is 0. The number of hydrogen-bond donors (Lipinski definition) is 0.